The van der Waals surface area contributed by atoms with Gasteiger partial charge in [0.2, 0.25) is 5.91 Å². The number of amides is 1. The Bertz CT molecular complexity index is 843. The van der Waals surface area contributed by atoms with Gasteiger partial charge in [0.25, 0.3) is 5.69 Å². The molecule has 2 rings (SSSR count). The maximum absolute atomic E-state index is 12.1. The number of benzene rings is 2. The van der Waals surface area contributed by atoms with Crippen molar-refractivity contribution >= 4 is 29.1 Å². The van der Waals surface area contributed by atoms with Gasteiger partial charge in [-0.2, -0.15) is 0 Å². The van der Waals surface area contributed by atoms with Gasteiger partial charge in [0.05, 0.1) is 4.92 Å². The molecule has 7 nitrogen and oxygen atoms in total. The minimum Gasteiger partial charge on any atom is -0.868 e. The SMILES string of the molecule is CC(=O)Nc1cccc(C(=O)/C=C/c2ccc([O-])c([N+](=O)[O-])c2)c1. The fourth-order valence-electron chi connectivity index (χ4n) is 2.00. The quantitative estimate of drug-likeness (QED) is 0.393. The highest BCUT2D eigenvalue weighted by Gasteiger charge is 2.08. The minimum absolute atomic E-state index is 0.250. The molecule has 1 amide bonds. The Morgan fingerprint density at radius 3 is 2.58 bits per heavy atom. The van der Waals surface area contributed by atoms with Crippen LogP contribution in [0.25, 0.3) is 6.08 Å². The van der Waals surface area contributed by atoms with E-state index in [9.17, 15) is 24.8 Å². The van der Waals surface area contributed by atoms with Crippen LogP contribution in [0.5, 0.6) is 5.75 Å². The van der Waals surface area contributed by atoms with E-state index in [0.29, 0.717) is 16.8 Å². The Morgan fingerprint density at radius 2 is 1.92 bits per heavy atom. The molecular formula is C17H13N2O5-. The fourth-order valence-corrected chi connectivity index (χ4v) is 2.00. The summed E-state index contributed by atoms with van der Waals surface area (Å²) in [5.41, 5.74) is 0.672. The highest BCUT2D eigenvalue weighted by atomic mass is 16.6. The zero-order valence-corrected chi connectivity index (χ0v) is 12.7. The first-order valence-electron chi connectivity index (χ1n) is 6.92. The molecule has 0 aliphatic rings. The first-order valence-corrected chi connectivity index (χ1v) is 6.92. The van der Waals surface area contributed by atoms with Crippen molar-refractivity contribution in [2.75, 3.05) is 5.32 Å². The second kappa shape index (κ2) is 7.19. The summed E-state index contributed by atoms with van der Waals surface area (Å²) < 4.78 is 0. The van der Waals surface area contributed by atoms with Gasteiger partial charge >= 0.3 is 0 Å². The van der Waals surface area contributed by atoms with E-state index in [4.69, 9.17) is 0 Å². The number of carbonyl (C=O) groups excluding carboxylic acids is 2. The van der Waals surface area contributed by atoms with Crippen LogP contribution in [-0.4, -0.2) is 16.6 Å². The smallest absolute Gasteiger partial charge is 0.262 e. The number of nitrogens with zero attached hydrogens (tertiary/aromatic N) is 1. The standard InChI is InChI=1S/C17H14N2O5/c1-11(20)18-14-4-2-3-13(10-14)16(21)7-5-12-6-8-17(22)15(9-12)19(23)24/h2-10,22H,1H3,(H,18,20)/p-1/b7-5+. The Kier molecular flexibility index (Phi) is 5.06. The molecule has 0 saturated heterocycles. The lowest BCUT2D eigenvalue weighted by molar-refractivity contribution is -0.398. The van der Waals surface area contributed by atoms with Crippen molar-refractivity contribution < 1.29 is 19.6 Å². The second-order valence-electron chi connectivity index (χ2n) is 4.94. The molecule has 0 saturated carbocycles. The van der Waals surface area contributed by atoms with Crippen LogP contribution in [0.3, 0.4) is 0 Å². The summed E-state index contributed by atoms with van der Waals surface area (Å²) in [6, 6.07) is 9.98. The molecule has 2 aromatic carbocycles. The largest absolute Gasteiger partial charge is 0.868 e. The lowest BCUT2D eigenvalue weighted by atomic mass is 10.1. The Labute approximate surface area is 137 Å². The minimum atomic E-state index is -0.765. The number of nitrogens with one attached hydrogen (secondary N) is 1. The molecule has 0 aliphatic carbocycles. The van der Waals surface area contributed by atoms with Gasteiger partial charge in [0.15, 0.2) is 5.78 Å². The summed E-state index contributed by atoms with van der Waals surface area (Å²) in [5.74, 6) is -1.28. The van der Waals surface area contributed by atoms with Crippen LogP contribution in [0, 0.1) is 10.1 Å². The summed E-state index contributed by atoms with van der Waals surface area (Å²) in [7, 11) is 0. The number of ketones is 1. The van der Waals surface area contributed by atoms with E-state index < -0.39 is 16.4 Å². The Balaban J connectivity index is 2.20. The first kappa shape index (κ1) is 16.9. The third-order valence-corrected chi connectivity index (χ3v) is 3.07. The highest BCUT2D eigenvalue weighted by Crippen LogP contribution is 2.24. The summed E-state index contributed by atoms with van der Waals surface area (Å²) in [4.78, 5) is 33.1. The molecule has 0 aromatic heterocycles. The van der Waals surface area contributed by atoms with Gasteiger partial charge < -0.3 is 10.4 Å². The highest BCUT2D eigenvalue weighted by molar-refractivity contribution is 6.07. The number of hydrogen-bond acceptors (Lipinski definition) is 5. The zero-order valence-electron chi connectivity index (χ0n) is 12.7. The van der Waals surface area contributed by atoms with Crippen LogP contribution in [0.4, 0.5) is 11.4 Å². The molecule has 0 heterocycles. The van der Waals surface area contributed by atoms with E-state index >= 15 is 0 Å². The molecule has 0 aliphatic heterocycles. The third-order valence-electron chi connectivity index (χ3n) is 3.07. The van der Waals surface area contributed by atoms with E-state index in [1.807, 2.05) is 0 Å². The average Bonchev–Trinajstić information content (AvgIpc) is 2.53. The predicted octanol–water partition coefficient (Wildman–Crippen LogP) is 2.52. The lowest BCUT2D eigenvalue weighted by Gasteiger charge is -2.06. The van der Waals surface area contributed by atoms with Gasteiger partial charge in [0.1, 0.15) is 0 Å². The van der Waals surface area contributed by atoms with Crippen LogP contribution in [-0.2, 0) is 4.79 Å². The Hall–Kier alpha value is -3.48. The topological polar surface area (TPSA) is 112 Å². The van der Waals surface area contributed by atoms with Gasteiger partial charge in [-0.15, -0.1) is 0 Å². The zero-order chi connectivity index (χ0) is 17.7. The van der Waals surface area contributed by atoms with E-state index in [-0.39, 0.29) is 11.7 Å². The number of nitro groups is 1. The maximum atomic E-state index is 12.1. The fraction of sp³-hybridized carbons (Fsp3) is 0.0588. The van der Waals surface area contributed by atoms with Crippen molar-refractivity contribution in [2.45, 2.75) is 6.92 Å². The molecule has 122 valence electrons. The molecular weight excluding hydrogens is 312 g/mol. The molecule has 0 radical (unpaired) electrons. The summed E-state index contributed by atoms with van der Waals surface area (Å²) in [5, 5.41) is 24.6. The van der Waals surface area contributed by atoms with Crippen molar-refractivity contribution in [1.82, 2.24) is 0 Å². The second-order valence-corrected chi connectivity index (χ2v) is 4.94. The molecule has 0 atom stereocenters. The Morgan fingerprint density at radius 1 is 1.17 bits per heavy atom. The molecule has 7 heteroatoms. The van der Waals surface area contributed by atoms with Crippen molar-refractivity contribution in [1.29, 1.82) is 0 Å². The molecule has 2 aromatic rings. The molecule has 0 bridgehead atoms. The number of carbonyl (C=O) groups is 2. The van der Waals surface area contributed by atoms with Crippen molar-refractivity contribution in [2.24, 2.45) is 0 Å². The van der Waals surface area contributed by atoms with Gasteiger partial charge in [-0.3, -0.25) is 19.7 Å². The number of rotatable bonds is 5. The van der Waals surface area contributed by atoms with Crippen molar-refractivity contribution in [3.63, 3.8) is 0 Å². The van der Waals surface area contributed by atoms with Crippen LogP contribution in [0.1, 0.15) is 22.8 Å². The third kappa shape index (κ3) is 4.26. The monoisotopic (exact) mass is 325 g/mol. The first-order chi connectivity index (χ1) is 11.4. The predicted molar refractivity (Wildman–Crippen MR) is 86.7 cm³/mol. The van der Waals surface area contributed by atoms with Gasteiger partial charge in [-0.1, -0.05) is 30.3 Å². The van der Waals surface area contributed by atoms with Crippen LogP contribution >= 0.6 is 0 Å². The van der Waals surface area contributed by atoms with E-state index in [2.05, 4.69) is 5.32 Å². The maximum Gasteiger partial charge on any atom is 0.262 e. The summed E-state index contributed by atoms with van der Waals surface area (Å²) >= 11 is 0. The van der Waals surface area contributed by atoms with E-state index in [1.54, 1.807) is 18.2 Å². The number of allylic oxidation sites excluding steroid dienone is 1. The molecule has 24 heavy (non-hydrogen) atoms. The number of nitro benzene ring substituents is 1. The van der Waals surface area contributed by atoms with Gasteiger partial charge in [-0.05, 0) is 29.5 Å². The van der Waals surface area contributed by atoms with Crippen molar-refractivity contribution in [3.8, 4) is 5.75 Å². The normalized spacial score (nSPS) is 10.5. The van der Waals surface area contributed by atoms with Crippen LogP contribution in [0.2, 0.25) is 0 Å². The van der Waals surface area contributed by atoms with Gasteiger partial charge in [0, 0.05) is 24.2 Å². The molecule has 1 N–H and O–H groups in total. The van der Waals surface area contributed by atoms with Crippen LogP contribution < -0.4 is 10.4 Å². The molecule has 0 spiro atoms. The molecule has 0 fully saturated rings. The van der Waals surface area contributed by atoms with Crippen molar-refractivity contribution in [3.05, 3.63) is 69.8 Å². The van der Waals surface area contributed by atoms with Gasteiger partial charge in [-0.25, -0.2) is 0 Å². The summed E-state index contributed by atoms with van der Waals surface area (Å²) in [6.45, 7) is 1.36. The van der Waals surface area contributed by atoms with E-state index in [0.717, 1.165) is 12.1 Å². The lowest BCUT2D eigenvalue weighted by Crippen LogP contribution is -2.06. The van der Waals surface area contributed by atoms with Crippen LogP contribution in [0.15, 0.2) is 48.5 Å². The van der Waals surface area contributed by atoms with E-state index in [1.165, 1.54) is 31.2 Å². The molecule has 0 unspecified atom stereocenters. The average molecular weight is 325 g/mol. The summed E-state index contributed by atoms with van der Waals surface area (Å²) in [6.07, 6.45) is 2.64. The number of anilines is 1. The number of hydrogen-bond donors (Lipinski definition) is 1.